The summed E-state index contributed by atoms with van der Waals surface area (Å²) in [6, 6.07) is 16.3. The van der Waals surface area contributed by atoms with Crippen LogP contribution in [0.4, 0.5) is 4.79 Å². The van der Waals surface area contributed by atoms with Crippen molar-refractivity contribution in [1.82, 2.24) is 10.2 Å². The number of ether oxygens (including phenoxy) is 1. The molecule has 7 nitrogen and oxygen atoms in total. The summed E-state index contributed by atoms with van der Waals surface area (Å²) in [6.45, 7) is 0.166. The summed E-state index contributed by atoms with van der Waals surface area (Å²) in [7, 11) is 1.57. The number of carboxylic acid groups (broad SMARTS) is 1. The molecule has 0 aliphatic heterocycles. The Kier molecular flexibility index (Phi) is 6.03. The molecule has 7 heteroatoms. The van der Waals surface area contributed by atoms with Crippen molar-refractivity contribution in [2.24, 2.45) is 0 Å². The van der Waals surface area contributed by atoms with Crippen LogP contribution < -0.4 is 5.32 Å². The van der Waals surface area contributed by atoms with Gasteiger partial charge in [0.1, 0.15) is 17.7 Å². The van der Waals surface area contributed by atoms with E-state index >= 15 is 0 Å². The third kappa shape index (κ3) is 3.87. The number of benzene rings is 2. The van der Waals surface area contributed by atoms with Gasteiger partial charge in [-0.2, -0.15) is 0 Å². The third-order valence-corrected chi connectivity index (χ3v) is 8.33. The Morgan fingerprint density at radius 2 is 1.43 bits per heavy atom. The summed E-state index contributed by atoms with van der Waals surface area (Å²) in [4.78, 5) is 40.2. The molecule has 0 spiro atoms. The number of likely N-dealkylation sites (N-methyl/N-ethyl adjacent to an activating group) is 1. The van der Waals surface area contributed by atoms with Crippen molar-refractivity contribution in [3.8, 4) is 11.1 Å². The summed E-state index contributed by atoms with van der Waals surface area (Å²) >= 11 is 0. The summed E-state index contributed by atoms with van der Waals surface area (Å²) in [5.41, 5.74) is 2.22. The molecule has 0 saturated heterocycles. The van der Waals surface area contributed by atoms with E-state index in [4.69, 9.17) is 4.74 Å². The maximum atomic E-state index is 13.7. The van der Waals surface area contributed by atoms with E-state index in [9.17, 15) is 19.5 Å². The maximum absolute atomic E-state index is 13.7. The van der Waals surface area contributed by atoms with Gasteiger partial charge in [-0.3, -0.25) is 4.79 Å². The Morgan fingerprint density at radius 3 is 1.97 bits per heavy atom. The van der Waals surface area contributed by atoms with E-state index in [0.29, 0.717) is 25.7 Å². The lowest BCUT2D eigenvalue weighted by molar-refractivity contribution is -0.160. The Morgan fingerprint density at radius 1 is 0.914 bits per heavy atom. The molecule has 2 aromatic rings. The quantitative estimate of drug-likeness (QED) is 0.630. The minimum atomic E-state index is -1.20. The molecule has 0 unspecified atom stereocenters. The highest BCUT2D eigenvalue weighted by molar-refractivity contribution is 5.94. The van der Waals surface area contributed by atoms with Gasteiger partial charge < -0.3 is 20.1 Å². The van der Waals surface area contributed by atoms with Crippen molar-refractivity contribution in [3.63, 3.8) is 0 Å². The fraction of sp³-hybridized carbons (Fsp3) is 0.464. The van der Waals surface area contributed by atoms with Crippen LogP contribution in [-0.2, 0) is 14.3 Å². The predicted octanol–water partition coefficient (Wildman–Crippen LogP) is 4.69. The lowest BCUT2D eigenvalue weighted by atomic mass is 9.89. The average molecular weight is 477 g/mol. The molecule has 0 aromatic heterocycles. The van der Waals surface area contributed by atoms with Crippen LogP contribution in [0.25, 0.3) is 11.1 Å². The number of nitrogens with zero attached hydrogens (tertiary/aromatic N) is 1. The number of alkyl carbamates (subject to hydrolysis) is 1. The van der Waals surface area contributed by atoms with Crippen molar-refractivity contribution >= 4 is 18.0 Å². The van der Waals surface area contributed by atoms with Crippen LogP contribution in [0.15, 0.2) is 48.5 Å². The number of amides is 2. The standard InChI is InChI=1S/C28H32N2O5/c1-30(28(25(32)33)16-8-9-17-28)24(31)27(14-6-7-15-27)29-26(34)35-18-23-21-12-4-2-10-19(21)20-11-3-5-13-22(20)23/h2-5,10-13,23H,6-9,14-18H2,1H3,(H,29,34)(H,32,33). The Bertz CT molecular complexity index is 1100. The molecule has 35 heavy (non-hydrogen) atoms. The average Bonchev–Trinajstić information content (AvgIpc) is 3.61. The normalized spacial score (nSPS) is 19.6. The van der Waals surface area contributed by atoms with Crippen LogP contribution in [0.2, 0.25) is 0 Å². The summed E-state index contributed by atoms with van der Waals surface area (Å²) in [6.07, 6.45) is 4.34. The summed E-state index contributed by atoms with van der Waals surface area (Å²) in [5, 5.41) is 12.8. The molecule has 0 bridgehead atoms. The van der Waals surface area contributed by atoms with E-state index < -0.39 is 23.1 Å². The number of carboxylic acids is 1. The number of hydrogen-bond donors (Lipinski definition) is 2. The SMILES string of the molecule is CN(C(=O)C1(NC(=O)OCC2c3ccccc3-c3ccccc32)CCCC1)C1(C(=O)O)CCCC1. The number of carbonyl (C=O) groups is 3. The predicted molar refractivity (Wildman–Crippen MR) is 131 cm³/mol. The summed E-state index contributed by atoms with van der Waals surface area (Å²) < 4.78 is 5.72. The van der Waals surface area contributed by atoms with Crippen LogP contribution in [0, 0.1) is 0 Å². The molecule has 2 saturated carbocycles. The van der Waals surface area contributed by atoms with Crippen molar-refractivity contribution in [1.29, 1.82) is 0 Å². The maximum Gasteiger partial charge on any atom is 0.408 e. The largest absolute Gasteiger partial charge is 0.479 e. The third-order valence-electron chi connectivity index (χ3n) is 8.33. The van der Waals surface area contributed by atoms with Crippen LogP contribution >= 0.6 is 0 Å². The Hall–Kier alpha value is -3.35. The first-order valence-corrected chi connectivity index (χ1v) is 12.5. The van der Waals surface area contributed by atoms with E-state index in [1.807, 2.05) is 24.3 Å². The zero-order chi connectivity index (χ0) is 24.6. The van der Waals surface area contributed by atoms with Gasteiger partial charge in [0.05, 0.1) is 0 Å². The zero-order valence-electron chi connectivity index (χ0n) is 20.1. The zero-order valence-corrected chi connectivity index (χ0v) is 20.1. The van der Waals surface area contributed by atoms with E-state index in [0.717, 1.165) is 47.9 Å². The van der Waals surface area contributed by atoms with Gasteiger partial charge in [-0.15, -0.1) is 0 Å². The van der Waals surface area contributed by atoms with Crippen LogP contribution in [0.1, 0.15) is 68.4 Å². The first-order valence-electron chi connectivity index (χ1n) is 12.5. The van der Waals surface area contributed by atoms with Gasteiger partial charge >= 0.3 is 12.1 Å². The number of hydrogen-bond acceptors (Lipinski definition) is 4. The molecule has 3 aliphatic carbocycles. The van der Waals surface area contributed by atoms with Gasteiger partial charge in [0.15, 0.2) is 0 Å². The molecule has 2 amide bonds. The Labute approximate surface area is 205 Å². The fourth-order valence-electron chi connectivity index (χ4n) is 6.37. The molecular formula is C28H32N2O5. The molecule has 2 fully saturated rings. The molecule has 0 atom stereocenters. The van der Waals surface area contributed by atoms with Crippen molar-refractivity contribution in [2.75, 3.05) is 13.7 Å². The molecule has 2 N–H and O–H groups in total. The van der Waals surface area contributed by atoms with E-state index in [-0.39, 0.29) is 18.4 Å². The lowest BCUT2D eigenvalue weighted by Gasteiger charge is -2.40. The first-order chi connectivity index (χ1) is 16.9. The summed E-state index contributed by atoms with van der Waals surface area (Å²) in [5.74, 6) is -1.37. The van der Waals surface area contributed by atoms with Crippen LogP contribution in [-0.4, -0.2) is 52.7 Å². The fourth-order valence-corrected chi connectivity index (χ4v) is 6.37. The highest BCUT2D eigenvalue weighted by Crippen LogP contribution is 2.44. The molecule has 2 aromatic carbocycles. The minimum absolute atomic E-state index is 0.0696. The number of rotatable bonds is 6. The monoisotopic (exact) mass is 476 g/mol. The second-order valence-corrected chi connectivity index (χ2v) is 10.1. The van der Waals surface area contributed by atoms with Gasteiger partial charge in [-0.25, -0.2) is 9.59 Å². The number of aliphatic carboxylic acids is 1. The van der Waals surface area contributed by atoms with Gasteiger partial charge in [-0.05, 0) is 47.9 Å². The molecule has 184 valence electrons. The van der Waals surface area contributed by atoms with E-state index in [1.54, 1.807) is 7.05 Å². The highest BCUT2D eigenvalue weighted by atomic mass is 16.5. The second-order valence-electron chi connectivity index (χ2n) is 10.1. The molecule has 3 aliphatic rings. The molecular weight excluding hydrogens is 444 g/mol. The van der Waals surface area contributed by atoms with Crippen molar-refractivity contribution in [3.05, 3.63) is 59.7 Å². The van der Waals surface area contributed by atoms with Gasteiger partial charge in [-0.1, -0.05) is 74.2 Å². The van der Waals surface area contributed by atoms with E-state index in [2.05, 4.69) is 29.6 Å². The molecule has 0 heterocycles. The van der Waals surface area contributed by atoms with Crippen LogP contribution in [0.5, 0.6) is 0 Å². The smallest absolute Gasteiger partial charge is 0.408 e. The number of fused-ring (bicyclic) bond motifs is 3. The van der Waals surface area contributed by atoms with E-state index in [1.165, 1.54) is 4.90 Å². The van der Waals surface area contributed by atoms with Crippen molar-refractivity contribution < 1.29 is 24.2 Å². The van der Waals surface area contributed by atoms with Gasteiger partial charge in [0.2, 0.25) is 5.91 Å². The van der Waals surface area contributed by atoms with Crippen molar-refractivity contribution in [2.45, 2.75) is 68.4 Å². The minimum Gasteiger partial charge on any atom is -0.479 e. The number of nitrogens with one attached hydrogen (secondary N) is 1. The topological polar surface area (TPSA) is 95.9 Å². The van der Waals surface area contributed by atoms with Crippen LogP contribution in [0.3, 0.4) is 0 Å². The lowest BCUT2D eigenvalue weighted by Crippen LogP contribution is -2.64. The second kappa shape index (κ2) is 9.02. The molecule has 5 rings (SSSR count). The highest BCUT2D eigenvalue weighted by Gasteiger charge is 2.53. The molecule has 0 radical (unpaired) electrons. The van der Waals surface area contributed by atoms with Gasteiger partial charge in [0.25, 0.3) is 0 Å². The Balaban J connectivity index is 1.31. The van der Waals surface area contributed by atoms with Gasteiger partial charge in [0, 0.05) is 13.0 Å². The first kappa shape index (κ1) is 23.4. The number of carbonyl (C=O) groups excluding carboxylic acids is 2.